The van der Waals surface area contributed by atoms with Crippen LogP contribution < -0.4 is 10.1 Å². The minimum absolute atomic E-state index is 0.0234. The first-order valence-corrected chi connectivity index (χ1v) is 10.8. The second-order valence-electron chi connectivity index (χ2n) is 7.67. The summed E-state index contributed by atoms with van der Waals surface area (Å²) < 4.78 is 5.19. The summed E-state index contributed by atoms with van der Waals surface area (Å²) in [5.41, 5.74) is 1.04. The molecule has 0 radical (unpaired) electrons. The molecular formula is C24H31N3O5. The molecule has 0 saturated heterocycles. The average Bonchev–Trinajstić information content (AvgIpc) is 2.79. The van der Waals surface area contributed by atoms with Crippen molar-refractivity contribution in [2.45, 2.75) is 58.7 Å². The lowest BCUT2D eigenvalue weighted by Crippen LogP contribution is -2.51. The Morgan fingerprint density at radius 3 is 2.31 bits per heavy atom. The van der Waals surface area contributed by atoms with Gasteiger partial charge in [0.2, 0.25) is 11.8 Å². The normalized spacial score (nSPS) is 12.5. The van der Waals surface area contributed by atoms with Gasteiger partial charge >= 0.3 is 0 Å². The van der Waals surface area contributed by atoms with Crippen molar-refractivity contribution in [2.24, 2.45) is 0 Å². The Balaban J connectivity index is 2.36. The standard InChI is InChI=1S/C24H31N3O5/c1-5-17(3)25-24(29)21(6-2)26(16-18-11-13-20(32-4)14-12-18)23(28)15-19-9-7-8-10-22(19)27(30)31/h7-14,17,21H,5-6,15-16H2,1-4H3,(H,25,29)/t17-,21+/m1/s1. The van der Waals surface area contributed by atoms with Crippen LogP contribution in [0.15, 0.2) is 48.5 Å². The Morgan fingerprint density at radius 1 is 1.09 bits per heavy atom. The van der Waals surface area contributed by atoms with Crippen LogP contribution in [0.3, 0.4) is 0 Å². The van der Waals surface area contributed by atoms with Gasteiger partial charge in [-0.25, -0.2) is 0 Å². The number of amides is 2. The lowest BCUT2D eigenvalue weighted by atomic mass is 10.0. The summed E-state index contributed by atoms with van der Waals surface area (Å²) >= 11 is 0. The SMILES string of the molecule is CC[C@@H](C)NC(=O)[C@H](CC)N(Cc1ccc(OC)cc1)C(=O)Cc1ccccc1[N+](=O)[O-]. The number of nitro groups is 1. The van der Waals surface area contributed by atoms with Crippen molar-refractivity contribution >= 4 is 17.5 Å². The van der Waals surface area contributed by atoms with Crippen LogP contribution in [-0.2, 0) is 22.6 Å². The number of hydrogen-bond donors (Lipinski definition) is 1. The van der Waals surface area contributed by atoms with Crippen molar-refractivity contribution in [2.75, 3.05) is 7.11 Å². The predicted octanol–water partition coefficient (Wildman–Crippen LogP) is 3.87. The topological polar surface area (TPSA) is 102 Å². The first kappa shape index (κ1) is 24.8. The van der Waals surface area contributed by atoms with Gasteiger partial charge in [-0.1, -0.05) is 44.2 Å². The zero-order chi connectivity index (χ0) is 23.7. The third-order valence-electron chi connectivity index (χ3n) is 5.43. The van der Waals surface area contributed by atoms with E-state index in [2.05, 4.69) is 5.32 Å². The summed E-state index contributed by atoms with van der Waals surface area (Å²) in [4.78, 5) is 38.7. The van der Waals surface area contributed by atoms with Gasteiger partial charge in [-0.05, 0) is 37.5 Å². The molecule has 0 spiro atoms. The Labute approximate surface area is 188 Å². The average molecular weight is 442 g/mol. The number of para-hydroxylation sites is 1. The Hall–Kier alpha value is -3.42. The van der Waals surface area contributed by atoms with Crippen molar-refractivity contribution in [1.29, 1.82) is 0 Å². The zero-order valence-corrected chi connectivity index (χ0v) is 19.0. The van der Waals surface area contributed by atoms with E-state index >= 15 is 0 Å². The fourth-order valence-corrected chi connectivity index (χ4v) is 3.39. The van der Waals surface area contributed by atoms with E-state index in [1.54, 1.807) is 37.4 Å². The summed E-state index contributed by atoms with van der Waals surface area (Å²) in [5.74, 6) is 0.112. The van der Waals surface area contributed by atoms with Crippen LogP contribution in [0.25, 0.3) is 0 Å². The molecule has 2 rings (SSSR count). The molecule has 0 bridgehead atoms. The molecular weight excluding hydrogens is 410 g/mol. The van der Waals surface area contributed by atoms with E-state index in [0.29, 0.717) is 17.7 Å². The molecule has 172 valence electrons. The Bertz CT molecular complexity index is 929. The summed E-state index contributed by atoms with van der Waals surface area (Å²) in [5, 5.41) is 14.3. The van der Waals surface area contributed by atoms with Crippen molar-refractivity contribution < 1.29 is 19.2 Å². The zero-order valence-electron chi connectivity index (χ0n) is 19.0. The summed E-state index contributed by atoms with van der Waals surface area (Å²) in [6.45, 7) is 5.93. The second kappa shape index (κ2) is 11.8. The Morgan fingerprint density at radius 2 is 1.75 bits per heavy atom. The van der Waals surface area contributed by atoms with Gasteiger partial charge in [0.25, 0.3) is 5.69 Å². The number of ether oxygens (including phenoxy) is 1. The molecule has 0 fully saturated rings. The molecule has 1 N–H and O–H groups in total. The molecule has 0 aliphatic carbocycles. The number of nitrogens with zero attached hydrogens (tertiary/aromatic N) is 2. The number of nitrogens with one attached hydrogen (secondary N) is 1. The first-order valence-electron chi connectivity index (χ1n) is 10.8. The van der Waals surface area contributed by atoms with Crippen LogP contribution in [-0.4, -0.2) is 40.8 Å². The van der Waals surface area contributed by atoms with E-state index in [0.717, 1.165) is 12.0 Å². The highest BCUT2D eigenvalue weighted by Crippen LogP contribution is 2.22. The van der Waals surface area contributed by atoms with Crippen LogP contribution in [0.4, 0.5) is 5.69 Å². The minimum atomic E-state index is -0.693. The van der Waals surface area contributed by atoms with E-state index < -0.39 is 11.0 Å². The van der Waals surface area contributed by atoms with Gasteiger partial charge in [-0.3, -0.25) is 19.7 Å². The number of hydrogen-bond acceptors (Lipinski definition) is 5. The number of carbonyl (C=O) groups is 2. The van der Waals surface area contributed by atoms with Gasteiger partial charge in [-0.15, -0.1) is 0 Å². The summed E-state index contributed by atoms with van der Waals surface area (Å²) in [6, 6.07) is 12.7. The van der Waals surface area contributed by atoms with Crippen LogP contribution in [0.5, 0.6) is 5.75 Å². The highest BCUT2D eigenvalue weighted by atomic mass is 16.6. The van der Waals surface area contributed by atoms with E-state index in [-0.39, 0.29) is 36.5 Å². The number of carbonyl (C=O) groups excluding carboxylic acids is 2. The molecule has 8 heteroatoms. The molecule has 2 amide bonds. The molecule has 2 atom stereocenters. The molecule has 32 heavy (non-hydrogen) atoms. The van der Waals surface area contributed by atoms with Gasteiger partial charge in [0.05, 0.1) is 18.5 Å². The fourth-order valence-electron chi connectivity index (χ4n) is 3.39. The Kier molecular flexibility index (Phi) is 9.19. The van der Waals surface area contributed by atoms with Gasteiger partial charge < -0.3 is 15.0 Å². The van der Waals surface area contributed by atoms with Gasteiger partial charge in [-0.2, -0.15) is 0 Å². The third-order valence-corrected chi connectivity index (χ3v) is 5.43. The second-order valence-corrected chi connectivity index (χ2v) is 7.67. The van der Waals surface area contributed by atoms with Gasteiger partial charge in [0.1, 0.15) is 11.8 Å². The largest absolute Gasteiger partial charge is 0.497 e. The molecule has 0 aliphatic heterocycles. The summed E-state index contributed by atoms with van der Waals surface area (Å²) in [7, 11) is 1.57. The van der Waals surface area contributed by atoms with Crippen molar-refractivity contribution in [3.05, 3.63) is 69.8 Å². The number of nitro benzene ring substituents is 1. The lowest BCUT2D eigenvalue weighted by molar-refractivity contribution is -0.385. The number of benzene rings is 2. The fraction of sp³-hybridized carbons (Fsp3) is 0.417. The lowest BCUT2D eigenvalue weighted by Gasteiger charge is -2.31. The maximum Gasteiger partial charge on any atom is 0.273 e. The van der Waals surface area contributed by atoms with E-state index in [9.17, 15) is 19.7 Å². The van der Waals surface area contributed by atoms with Gasteiger partial charge in [0.15, 0.2) is 0 Å². The van der Waals surface area contributed by atoms with E-state index in [1.807, 2.05) is 32.9 Å². The molecule has 0 aliphatic rings. The van der Waals surface area contributed by atoms with Crippen LogP contribution in [0, 0.1) is 10.1 Å². The third kappa shape index (κ3) is 6.54. The molecule has 0 unspecified atom stereocenters. The molecule has 0 saturated carbocycles. The minimum Gasteiger partial charge on any atom is -0.497 e. The van der Waals surface area contributed by atoms with Gasteiger partial charge in [0, 0.05) is 24.2 Å². The quantitative estimate of drug-likeness (QED) is 0.421. The maximum absolute atomic E-state index is 13.4. The van der Waals surface area contributed by atoms with Crippen molar-refractivity contribution in [1.82, 2.24) is 10.2 Å². The highest BCUT2D eigenvalue weighted by Gasteiger charge is 2.30. The van der Waals surface area contributed by atoms with Crippen molar-refractivity contribution in [3.63, 3.8) is 0 Å². The molecule has 2 aromatic rings. The summed E-state index contributed by atoms with van der Waals surface area (Å²) in [6.07, 6.45) is 1.02. The van der Waals surface area contributed by atoms with E-state index in [1.165, 1.54) is 11.0 Å². The maximum atomic E-state index is 13.4. The van der Waals surface area contributed by atoms with Crippen LogP contribution >= 0.6 is 0 Å². The molecule has 0 heterocycles. The highest BCUT2D eigenvalue weighted by molar-refractivity contribution is 5.89. The van der Waals surface area contributed by atoms with Crippen LogP contribution in [0.1, 0.15) is 44.7 Å². The number of rotatable bonds is 11. The van der Waals surface area contributed by atoms with Crippen molar-refractivity contribution in [3.8, 4) is 5.75 Å². The monoisotopic (exact) mass is 441 g/mol. The predicted molar refractivity (Wildman–Crippen MR) is 122 cm³/mol. The smallest absolute Gasteiger partial charge is 0.273 e. The molecule has 0 aromatic heterocycles. The first-order chi connectivity index (χ1) is 15.3. The number of methoxy groups -OCH3 is 1. The molecule has 8 nitrogen and oxygen atoms in total. The van der Waals surface area contributed by atoms with E-state index in [4.69, 9.17) is 4.74 Å². The van der Waals surface area contributed by atoms with Crippen LogP contribution in [0.2, 0.25) is 0 Å². The molecule has 2 aromatic carbocycles.